The summed E-state index contributed by atoms with van der Waals surface area (Å²) in [7, 11) is 5.35. The summed E-state index contributed by atoms with van der Waals surface area (Å²) in [5.74, 6) is -0.963. The van der Waals surface area contributed by atoms with Crippen molar-refractivity contribution in [3.05, 3.63) is 59.9 Å². The Labute approximate surface area is 140 Å². The predicted molar refractivity (Wildman–Crippen MR) is 92.8 cm³/mol. The number of nitrogens with zero attached hydrogens (tertiary/aromatic N) is 2. The highest BCUT2D eigenvalue weighted by Crippen LogP contribution is 2.15. The molecule has 0 fully saturated rings. The number of amides is 2. The molecule has 0 atom stereocenters. The molecule has 2 aromatic rings. The van der Waals surface area contributed by atoms with Gasteiger partial charge in [0.25, 0.3) is 5.91 Å². The van der Waals surface area contributed by atoms with Gasteiger partial charge >= 0.3 is 0 Å². The summed E-state index contributed by atoms with van der Waals surface area (Å²) in [6, 6.07) is 12.6. The fourth-order valence-corrected chi connectivity index (χ4v) is 2.16. The zero-order chi connectivity index (χ0) is 17.7. The molecule has 0 heterocycles. The zero-order valence-electron chi connectivity index (χ0n) is 13.9. The van der Waals surface area contributed by atoms with Crippen LogP contribution in [-0.4, -0.2) is 44.4 Å². The molecule has 5 nitrogen and oxygen atoms in total. The summed E-state index contributed by atoms with van der Waals surface area (Å²) >= 11 is 0. The van der Waals surface area contributed by atoms with Crippen LogP contribution < -0.4 is 10.2 Å². The molecule has 24 heavy (non-hydrogen) atoms. The van der Waals surface area contributed by atoms with E-state index >= 15 is 0 Å². The lowest BCUT2D eigenvalue weighted by Crippen LogP contribution is -2.35. The van der Waals surface area contributed by atoms with Gasteiger partial charge in [0.05, 0.1) is 6.54 Å². The summed E-state index contributed by atoms with van der Waals surface area (Å²) in [5.41, 5.74) is 1.90. The van der Waals surface area contributed by atoms with Crippen molar-refractivity contribution in [2.75, 3.05) is 37.9 Å². The van der Waals surface area contributed by atoms with Crippen LogP contribution in [0.15, 0.2) is 48.5 Å². The minimum absolute atomic E-state index is 0.0948. The van der Waals surface area contributed by atoms with Gasteiger partial charge in [-0.05, 0) is 42.5 Å². The second kappa shape index (κ2) is 7.59. The lowest BCUT2D eigenvalue weighted by molar-refractivity contribution is -0.116. The highest BCUT2D eigenvalue weighted by atomic mass is 19.1. The van der Waals surface area contributed by atoms with E-state index in [0.29, 0.717) is 11.3 Å². The van der Waals surface area contributed by atoms with Crippen molar-refractivity contribution < 1.29 is 14.0 Å². The Kier molecular flexibility index (Phi) is 5.52. The van der Waals surface area contributed by atoms with Crippen LogP contribution in [0, 0.1) is 5.82 Å². The van der Waals surface area contributed by atoms with E-state index in [1.807, 2.05) is 25.1 Å². The number of anilines is 2. The van der Waals surface area contributed by atoms with E-state index in [1.54, 1.807) is 25.2 Å². The summed E-state index contributed by atoms with van der Waals surface area (Å²) in [6.45, 7) is -0.0948. The van der Waals surface area contributed by atoms with Gasteiger partial charge in [-0.25, -0.2) is 4.39 Å². The Hall–Kier alpha value is -2.89. The van der Waals surface area contributed by atoms with Crippen molar-refractivity contribution in [2.24, 2.45) is 0 Å². The molecule has 2 amide bonds. The van der Waals surface area contributed by atoms with Crippen molar-refractivity contribution in [2.45, 2.75) is 0 Å². The molecule has 0 aliphatic heterocycles. The Balaban J connectivity index is 1.99. The second-order valence-electron chi connectivity index (χ2n) is 5.66. The van der Waals surface area contributed by atoms with E-state index in [2.05, 4.69) is 5.32 Å². The molecule has 126 valence electrons. The Morgan fingerprint density at radius 1 is 1.04 bits per heavy atom. The standard InChI is InChI=1S/C18H20FN3O2/c1-21(2)16-6-4-5-13(11-16)18(24)22(3)12-17(23)20-15-9-7-14(19)8-10-15/h4-11H,12H2,1-3H3,(H,20,23). The highest BCUT2D eigenvalue weighted by molar-refractivity contribution is 5.99. The first-order valence-electron chi connectivity index (χ1n) is 7.45. The second-order valence-corrected chi connectivity index (χ2v) is 5.66. The minimum atomic E-state index is -0.374. The highest BCUT2D eigenvalue weighted by Gasteiger charge is 2.15. The minimum Gasteiger partial charge on any atom is -0.378 e. The van der Waals surface area contributed by atoms with E-state index in [9.17, 15) is 14.0 Å². The first-order valence-corrected chi connectivity index (χ1v) is 7.45. The smallest absolute Gasteiger partial charge is 0.254 e. The van der Waals surface area contributed by atoms with Gasteiger partial charge in [0.1, 0.15) is 5.82 Å². The number of nitrogens with one attached hydrogen (secondary N) is 1. The number of halogens is 1. The molecule has 2 rings (SSSR count). The van der Waals surface area contributed by atoms with Gasteiger partial charge in [-0.1, -0.05) is 6.07 Å². The van der Waals surface area contributed by atoms with Crippen LogP contribution in [0.2, 0.25) is 0 Å². The van der Waals surface area contributed by atoms with Crippen LogP contribution in [0.25, 0.3) is 0 Å². The molecule has 0 aliphatic carbocycles. The van der Waals surface area contributed by atoms with E-state index in [1.165, 1.54) is 29.2 Å². The molecule has 0 radical (unpaired) electrons. The van der Waals surface area contributed by atoms with Crippen LogP contribution >= 0.6 is 0 Å². The van der Waals surface area contributed by atoms with Gasteiger partial charge in [-0.2, -0.15) is 0 Å². The third-order valence-corrected chi connectivity index (χ3v) is 3.46. The molecule has 0 saturated carbocycles. The van der Waals surface area contributed by atoms with E-state index in [-0.39, 0.29) is 24.2 Å². The van der Waals surface area contributed by atoms with Crippen LogP contribution in [0.4, 0.5) is 15.8 Å². The Bertz CT molecular complexity index is 729. The molecule has 0 saturated heterocycles. The summed E-state index contributed by atoms with van der Waals surface area (Å²) in [5, 5.41) is 2.63. The van der Waals surface area contributed by atoms with Crippen LogP contribution in [-0.2, 0) is 4.79 Å². The molecule has 2 aromatic carbocycles. The van der Waals surface area contributed by atoms with E-state index in [0.717, 1.165) is 5.69 Å². The van der Waals surface area contributed by atoms with Crippen LogP contribution in [0.1, 0.15) is 10.4 Å². The largest absolute Gasteiger partial charge is 0.378 e. The number of carbonyl (C=O) groups excluding carboxylic acids is 2. The van der Waals surface area contributed by atoms with Gasteiger partial charge in [-0.3, -0.25) is 9.59 Å². The maximum Gasteiger partial charge on any atom is 0.254 e. The zero-order valence-corrected chi connectivity index (χ0v) is 13.9. The van der Waals surface area contributed by atoms with Crippen molar-refractivity contribution in [3.8, 4) is 0 Å². The van der Waals surface area contributed by atoms with Gasteiger partial charge in [0, 0.05) is 38.1 Å². The first-order chi connectivity index (χ1) is 11.4. The van der Waals surface area contributed by atoms with Gasteiger partial charge in [-0.15, -0.1) is 0 Å². The number of likely N-dealkylation sites (N-methyl/N-ethyl adjacent to an activating group) is 1. The molecule has 0 unspecified atom stereocenters. The quantitative estimate of drug-likeness (QED) is 0.917. The summed E-state index contributed by atoms with van der Waals surface area (Å²) < 4.78 is 12.8. The molecular weight excluding hydrogens is 309 g/mol. The average Bonchev–Trinajstić information content (AvgIpc) is 2.56. The SMILES string of the molecule is CN(CC(=O)Nc1ccc(F)cc1)C(=O)c1cccc(N(C)C)c1. The van der Waals surface area contributed by atoms with Crippen molar-refractivity contribution >= 4 is 23.2 Å². The normalized spacial score (nSPS) is 10.2. The lowest BCUT2D eigenvalue weighted by atomic mass is 10.1. The first kappa shape index (κ1) is 17.5. The molecule has 0 bridgehead atoms. The molecule has 6 heteroatoms. The average molecular weight is 329 g/mol. The van der Waals surface area contributed by atoms with E-state index in [4.69, 9.17) is 0 Å². The molecule has 0 aromatic heterocycles. The fraction of sp³-hybridized carbons (Fsp3) is 0.222. The third kappa shape index (κ3) is 4.55. The summed E-state index contributed by atoms with van der Waals surface area (Å²) in [6.07, 6.45) is 0. The number of hydrogen-bond donors (Lipinski definition) is 1. The number of carbonyl (C=O) groups is 2. The number of rotatable bonds is 5. The Morgan fingerprint density at radius 3 is 2.33 bits per heavy atom. The monoisotopic (exact) mass is 329 g/mol. The van der Waals surface area contributed by atoms with Crippen molar-refractivity contribution in [3.63, 3.8) is 0 Å². The third-order valence-electron chi connectivity index (χ3n) is 3.46. The Morgan fingerprint density at radius 2 is 1.71 bits per heavy atom. The maximum atomic E-state index is 12.8. The predicted octanol–water partition coefficient (Wildman–Crippen LogP) is 2.60. The van der Waals surface area contributed by atoms with Crippen LogP contribution in [0.5, 0.6) is 0 Å². The van der Waals surface area contributed by atoms with Crippen molar-refractivity contribution in [1.82, 2.24) is 4.90 Å². The molecule has 0 aliphatic rings. The van der Waals surface area contributed by atoms with Crippen molar-refractivity contribution in [1.29, 1.82) is 0 Å². The molecule has 1 N–H and O–H groups in total. The summed E-state index contributed by atoms with van der Waals surface area (Å²) in [4.78, 5) is 27.7. The lowest BCUT2D eigenvalue weighted by Gasteiger charge is -2.18. The maximum absolute atomic E-state index is 12.8. The number of hydrogen-bond acceptors (Lipinski definition) is 3. The fourth-order valence-electron chi connectivity index (χ4n) is 2.16. The van der Waals surface area contributed by atoms with Gasteiger partial charge in [0.15, 0.2) is 0 Å². The van der Waals surface area contributed by atoms with Crippen LogP contribution in [0.3, 0.4) is 0 Å². The molecular formula is C18H20FN3O2. The van der Waals surface area contributed by atoms with Gasteiger partial charge in [0.2, 0.25) is 5.91 Å². The van der Waals surface area contributed by atoms with Gasteiger partial charge < -0.3 is 15.1 Å². The number of benzene rings is 2. The topological polar surface area (TPSA) is 52.7 Å². The molecule has 0 spiro atoms. The van der Waals surface area contributed by atoms with E-state index < -0.39 is 0 Å².